The van der Waals surface area contributed by atoms with Crippen LogP contribution in [-0.2, 0) is 30.3 Å². The maximum Gasteiger partial charge on any atom is 0.362 e. The van der Waals surface area contributed by atoms with Crippen molar-refractivity contribution in [2.24, 2.45) is 5.92 Å². The van der Waals surface area contributed by atoms with Gasteiger partial charge in [0.15, 0.2) is 0 Å². The highest BCUT2D eigenvalue weighted by atomic mass is 16.6. The van der Waals surface area contributed by atoms with Gasteiger partial charge in [-0.05, 0) is 63.3 Å². The molecular formula is C28H35NO6. The molecule has 0 N–H and O–H groups in total. The zero-order valence-corrected chi connectivity index (χ0v) is 20.6. The Morgan fingerprint density at radius 1 is 0.914 bits per heavy atom. The molecule has 0 radical (unpaired) electrons. The normalized spacial score (nSPS) is 16.3. The topological polar surface area (TPSA) is 82.1 Å². The average Bonchev–Trinajstić information content (AvgIpc) is 2.88. The molecule has 1 atom stereocenters. The Balaban J connectivity index is 1.77. The average molecular weight is 482 g/mol. The molecule has 1 saturated heterocycles. The number of carbonyl (C=O) groups is 3. The third-order valence-electron chi connectivity index (χ3n) is 6.24. The van der Waals surface area contributed by atoms with E-state index in [2.05, 4.69) is 17.0 Å². The summed E-state index contributed by atoms with van der Waals surface area (Å²) >= 11 is 0. The molecule has 2 aromatic carbocycles. The van der Waals surface area contributed by atoms with Gasteiger partial charge in [-0.2, -0.15) is 0 Å². The highest BCUT2D eigenvalue weighted by Crippen LogP contribution is 2.30. The van der Waals surface area contributed by atoms with E-state index in [1.54, 1.807) is 44.2 Å². The van der Waals surface area contributed by atoms with Crippen LogP contribution in [0.3, 0.4) is 0 Å². The fraction of sp³-hybridized carbons (Fsp3) is 0.464. The van der Waals surface area contributed by atoms with E-state index in [4.69, 9.17) is 14.2 Å². The SMILES string of the molecule is CCOC(=O)C(CC[C@@H]1CCCN(Cc2ccccc2)C1)(OC(=O)c1ccccc1)C(=O)OCC. The van der Waals surface area contributed by atoms with Crippen LogP contribution in [0.5, 0.6) is 0 Å². The maximum atomic E-state index is 13.1. The number of hydrogen-bond donors (Lipinski definition) is 0. The fourth-order valence-corrected chi connectivity index (χ4v) is 4.49. The number of esters is 3. The van der Waals surface area contributed by atoms with Crippen molar-refractivity contribution in [2.75, 3.05) is 26.3 Å². The Bertz CT molecular complexity index is 944. The molecule has 35 heavy (non-hydrogen) atoms. The predicted molar refractivity (Wildman–Crippen MR) is 132 cm³/mol. The summed E-state index contributed by atoms with van der Waals surface area (Å²) in [6, 6.07) is 18.6. The van der Waals surface area contributed by atoms with E-state index < -0.39 is 23.5 Å². The van der Waals surface area contributed by atoms with E-state index in [0.717, 1.165) is 32.5 Å². The van der Waals surface area contributed by atoms with Crippen LogP contribution in [0.15, 0.2) is 60.7 Å². The summed E-state index contributed by atoms with van der Waals surface area (Å²) in [6.07, 6.45) is 2.52. The Labute approximate surface area is 207 Å². The van der Waals surface area contributed by atoms with Gasteiger partial charge in [-0.15, -0.1) is 0 Å². The highest BCUT2D eigenvalue weighted by Gasteiger charge is 2.53. The second-order valence-electron chi connectivity index (χ2n) is 8.79. The van der Waals surface area contributed by atoms with Gasteiger partial charge < -0.3 is 14.2 Å². The summed E-state index contributed by atoms with van der Waals surface area (Å²) in [5.74, 6) is -2.30. The van der Waals surface area contributed by atoms with Gasteiger partial charge in [0.2, 0.25) is 0 Å². The monoisotopic (exact) mass is 481 g/mol. The second-order valence-corrected chi connectivity index (χ2v) is 8.79. The smallest absolute Gasteiger partial charge is 0.362 e. The van der Waals surface area contributed by atoms with Crippen molar-refractivity contribution in [1.82, 2.24) is 4.90 Å². The molecule has 0 unspecified atom stereocenters. The van der Waals surface area contributed by atoms with Gasteiger partial charge in [-0.3, -0.25) is 4.90 Å². The minimum absolute atomic E-state index is 0.00703. The molecule has 1 aliphatic rings. The molecule has 2 aromatic rings. The summed E-state index contributed by atoms with van der Waals surface area (Å²) in [6.45, 7) is 6.08. The number of piperidine rings is 1. The number of nitrogens with zero attached hydrogens (tertiary/aromatic N) is 1. The first-order valence-corrected chi connectivity index (χ1v) is 12.4. The zero-order valence-electron chi connectivity index (χ0n) is 20.6. The van der Waals surface area contributed by atoms with Gasteiger partial charge in [-0.25, -0.2) is 14.4 Å². The van der Waals surface area contributed by atoms with E-state index in [-0.39, 0.29) is 31.1 Å². The van der Waals surface area contributed by atoms with E-state index in [0.29, 0.717) is 6.42 Å². The number of rotatable bonds is 11. The standard InChI is InChI=1S/C28H35NO6/c1-3-33-26(31)28(27(32)34-4-2,35-25(30)24-15-9-6-10-16-24)18-17-23-14-11-19-29(21-23)20-22-12-7-5-8-13-22/h5-10,12-13,15-16,23H,3-4,11,14,17-21H2,1-2H3/t23-/m0/s1. The maximum absolute atomic E-state index is 13.1. The Morgan fingerprint density at radius 2 is 1.51 bits per heavy atom. The minimum atomic E-state index is -2.14. The van der Waals surface area contributed by atoms with Gasteiger partial charge in [0.05, 0.1) is 18.8 Å². The Hall–Kier alpha value is -3.19. The van der Waals surface area contributed by atoms with E-state index >= 15 is 0 Å². The number of likely N-dealkylation sites (tertiary alicyclic amines) is 1. The first-order valence-electron chi connectivity index (χ1n) is 12.4. The first-order chi connectivity index (χ1) is 17.0. The van der Waals surface area contributed by atoms with Crippen LogP contribution in [0, 0.1) is 5.92 Å². The lowest BCUT2D eigenvalue weighted by atomic mass is 9.87. The van der Waals surface area contributed by atoms with Gasteiger partial charge in [-0.1, -0.05) is 48.5 Å². The van der Waals surface area contributed by atoms with E-state index in [1.807, 2.05) is 18.2 Å². The number of hydrogen-bond acceptors (Lipinski definition) is 7. The lowest BCUT2D eigenvalue weighted by Gasteiger charge is -2.35. The van der Waals surface area contributed by atoms with E-state index in [1.165, 1.54) is 5.56 Å². The van der Waals surface area contributed by atoms with Gasteiger partial charge in [0.1, 0.15) is 0 Å². The second kappa shape index (κ2) is 13.0. The molecular weight excluding hydrogens is 446 g/mol. The van der Waals surface area contributed by atoms with Crippen LogP contribution >= 0.6 is 0 Å². The lowest BCUT2D eigenvalue weighted by Crippen LogP contribution is -2.53. The number of ether oxygens (including phenoxy) is 3. The van der Waals surface area contributed by atoms with Crippen molar-refractivity contribution in [1.29, 1.82) is 0 Å². The van der Waals surface area contributed by atoms with Crippen molar-refractivity contribution in [3.8, 4) is 0 Å². The first kappa shape index (κ1) is 26.4. The van der Waals surface area contributed by atoms with Gasteiger partial charge in [0, 0.05) is 19.5 Å². The summed E-state index contributed by atoms with van der Waals surface area (Å²) in [5.41, 5.74) is -0.643. The van der Waals surface area contributed by atoms with Crippen LogP contribution in [0.1, 0.15) is 55.5 Å². The molecule has 0 aliphatic carbocycles. The summed E-state index contributed by atoms with van der Waals surface area (Å²) in [4.78, 5) is 41.6. The fourth-order valence-electron chi connectivity index (χ4n) is 4.49. The van der Waals surface area contributed by atoms with Crippen LogP contribution < -0.4 is 0 Å². The minimum Gasteiger partial charge on any atom is -0.463 e. The van der Waals surface area contributed by atoms with Crippen LogP contribution in [-0.4, -0.2) is 54.7 Å². The van der Waals surface area contributed by atoms with Crippen molar-refractivity contribution >= 4 is 17.9 Å². The third kappa shape index (κ3) is 7.15. The number of carbonyl (C=O) groups excluding carboxylic acids is 3. The molecule has 0 bridgehead atoms. The molecule has 188 valence electrons. The van der Waals surface area contributed by atoms with Crippen molar-refractivity contribution < 1.29 is 28.6 Å². The highest BCUT2D eigenvalue weighted by molar-refractivity contribution is 6.06. The Morgan fingerprint density at radius 3 is 2.11 bits per heavy atom. The van der Waals surface area contributed by atoms with Gasteiger partial charge >= 0.3 is 23.5 Å². The quantitative estimate of drug-likeness (QED) is 0.267. The van der Waals surface area contributed by atoms with Crippen LogP contribution in [0.2, 0.25) is 0 Å². The van der Waals surface area contributed by atoms with Crippen molar-refractivity contribution in [2.45, 2.75) is 51.7 Å². The summed E-state index contributed by atoms with van der Waals surface area (Å²) in [5, 5.41) is 0. The van der Waals surface area contributed by atoms with Crippen molar-refractivity contribution in [3.05, 3.63) is 71.8 Å². The Kier molecular flexibility index (Phi) is 9.85. The predicted octanol–water partition coefficient (Wildman–Crippen LogP) is 4.40. The third-order valence-corrected chi connectivity index (χ3v) is 6.24. The molecule has 7 heteroatoms. The molecule has 0 spiro atoms. The molecule has 7 nitrogen and oxygen atoms in total. The molecule has 1 aliphatic heterocycles. The number of benzene rings is 2. The lowest BCUT2D eigenvalue weighted by molar-refractivity contribution is -0.185. The summed E-state index contributed by atoms with van der Waals surface area (Å²) in [7, 11) is 0. The molecule has 1 fully saturated rings. The molecule has 0 aromatic heterocycles. The molecule has 1 heterocycles. The van der Waals surface area contributed by atoms with Gasteiger partial charge in [0.25, 0.3) is 0 Å². The van der Waals surface area contributed by atoms with Crippen molar-refractivity contribution in [3.63, 3.8) is 0 Å². The molecule has 0 amide bonds. The molecule has 0 saturated carbocycles. The summed E-state index contributed by atoms with van der Waals surface area (Å²) < 4.78 is 16.1. The largest absolute Gasteiger partial charge is 0.463 e. The van der Waals surface area contributed by atoms with E-state index in [9.17, 15) is 14.4 Å². The molecule has 3 rings (SSSR count). The van der Waals surface area contributed by atoms with Crippen LogP contribution in [0.4, 0.5) is 0 Å². The van der Waals surface area contributed by atoms with Crippen LogP contribution in [0.25, 0.3) is 0 Å². The zero-order chi connectivity index (χ0) is 25.1.